The van der Waals surface area contributed by atoms with Crippen LogP contribution >= 0.6 is 11.3 Å². The molecule has 0 saturated carbocycles. The van der Waals surface area contributed by atoms with E-state index >= 15 is 0 Å². The number of hydrazone groups is 1. The second-order valence-corrected chi connectivity index (χ2v) is 6.96. The Labute approximate surface area is 145 Å². The number of hydrogen-bond donors (Lipinski definition) is 1. The molecule has 1 aromatic carbocycles. The van der Waals surface area contributed by atoms with Gasteiger partial charge in [0.2, 0.25) is 0 Å². The second-order valence-electron chi connectivity index (χ2n) is 5.92. The number of nitrogens with zero attached hydrogens (tertiary/aromatic N) is 2. The number of piperidine rings is 1. The van der Waals surface area contributed by atoms with E-state index in [1.54, 1.807) is 0 Å². The first-order chi connectivity index (χ1) is 11.7. The highest BCUT2D eigenvalue weighted by atomic mass is 32.1. The Morgan fingerprint density at radius 3 is 2.67 bits per heavy atom. The van der Waals surface area contributed by atoms with Crippen molar-refractivity contribution in [2.24, 2.45) is 11.0 Å². The summed E-state index contributed by atoms with van der Waals surface area (Å²) in [7, 11) is 0. The number of benzene rings is 1. The largest absolute Gasteiger partial charge is 0.299 e. The van der Waals surface area contributed by atoms with Crippen LogP contribution in [0.3, 0.4) is 0 Å². The van der Waals surface area contributed by atoms with Gasteiger partial charge in [-0.15, -0.1) is 11.3 Å². The zero-order valence-corrected chi connectivity index (χ0v) is 14.1. The first kappa shape index (κ1) is 16.8. The fourth-order valence-corrected chi connectivity index (χ4v) is 3.42. The molecule has 0 spiro atoms. The molecule has 3 rings (SSSR count). The quantitative estimate of drug-likeness (QED) is 0.666. The number of thiophene rings is 1. The fourth-order valence-electron chi connectivity index (χ4n) is 2.79. The van der Waals surface area contributed by atoms with Crippen molar-refractivity contribution in [1.29, 1.82) is 0 Å². The highest BCUT2D eigenvalue weighted by Gasteiger charge is 2.18. The van der Waals surface area contributed by atoms with Gasteiger partial charge in [0.05, 0.1) is 4.88 Å². The van der Waals surface area contributed by atoms with E-state index in [1.165, 1.54) is 17.7 Å². The monoisotopic (exact) mass is 345 g/mol. The van der Waals surface area contributed by atoms with Gasteiger partial charge in [-0.1, -0.05) is 30.3 Å². The van der Waals surface area contributed by atoms with Gasteiger partial charge in [0.15, 0.2) is 5.13 Å². The van der Waals surface area contributed by atoms with Gasteiger partial charge in [0.25, 0.3) is 5.91 Å². The highest BCUT2D eigenvalue weighted by Crippen LogP contribution is 2.18. The molecule has 1 N–H and O–H groups in total. The van der Waals surface area contributed by atoms with E-state index in [4.69, 9.17) is 0 Å². The van der Waals surface area contributed by atoms with E-state index in [1.807, 2.05) is 12.3 Å². The van der Waals surface area contributed by atoms with Crippen molar-refractivity contribution in [2.75, 3.05) is 13.1 Å². The summed E-state index contributed by atoms with van der Waals surface area (Å²) in [5.74, 6) is 0.0130. The normalized spacial score (nSPS) is 16.5. The van der Waals surface area contributed by atoms with E-state index in [-0.39, 0.29) is 11.0 Å². The van der Waals surface area contributed by atoms with Crippen molar-refractivity contribution in [3.8, 4) is 0 Å². The molecule has 126 valence electrons. The Kier molecular flexibility index (Phi) is 5.72. The van der Waals surface area contributed by atoms with Crippen LogP contribution in [0.4, 0.5) is 4.39 Å². The van der Waals surface area contributed by atoms with Gasteiger partial charge in [-0.25, -0.2) is 5.43 Å². The highest BCUT2D eigenvalue weighted by molar-refractivity contribution is 7.12. The number of nitrogens with one attached hydrogen (secondary N) is 1. The lowest BCUT2D eigenvalue weighted by atomic mass is 9.98. The fraction of sp³-hybridized carbons (Fsp3) is 0.333. The molecular weight excluding hydrogens is 325 g/mol. The van der Waals surface area contributed by atoms with Crippen molar-refractivity contribution in [3.63, 3.8) is 0 Å². The van der Waals surface area contributed by atoms with Gasteiger partial charge in [-0.05, 0) is 49.5 Å². The molecule has 1 aromatic heterocycles. The molecule has 0 radical (unpaired) electrons. The van der Waals surface area contributed by atoms with Gasteiger partial charge in [0, 0.05) is 12.8 Å². The summed E-state index contributed by atoms with van der Waals surface area (Å²) >= 11 is 0.824. The average Bonchev–Trinajstić information content (AvgIpc) is 3.04. The number of amides is 1. The third-order valence-corrected chi connectivity index (χ3v) is 5.00. The van der Waals surface area contributed by atoms with Crippen molar-refractivity contribution in [3.05, 3.63) is 58.0 Å². The molecule has 1 saturated heterocycles. The number of rotatable bonds is 5. The minimum Gasteiger partial charge on any atom is -0.299 e. The lowest BCUT2D eigenvalue weighted by molar-refractivity contribution is 0.0958. The van der Waals surface area contributed by atoms with Gasteiger partial charge in [0.1, 0.15) is 0 Å². The molecule has 1 amide bonds. The van der Waals surface area contributed by atoms with E-state index in [9.17, 15) is 9.18 Å². The minimum absolute atomic E-state index is 0.335. The van der Waals surface area contributed by atoms with Crippen LogP contribution in [0.15, 0.2) is 47.6 Å². The van der Waals surface area contributed by atoms with Crippen molar-refractivity contribution in [1.82, 2.24) is 10.3 Å². The van der Waals surface area contributed by atoms with Gasteiger partial charge >= 0.3 is 0 Å². The third-order valence-electron chi connectivity index (χ3n) is 4.13. The van der Waals surface area contributed by atoms with Crippen molar-refractivity contribution < 1.29 is 9.18 Å². The van der Waals surface area contributed by atoms with Crippen LogP contribution in [0.1, 0.15) is 28.1 Å². The van der Waals surface area contributed by atoms with Crippen molar-refractivity contribution in [2.45, 2.75) is 19.4 Å². The number of carbonyl (C=O) groups excluding carboxylic acids is 1. The number of likely N-dealkylation sites (tertiary alicyclic amines) is 1. The molecule has 2 aromatic rings. The summed E-state index contributed by atoms with van der Waals surface area (Å²) in [5.41, 5.74) is 3.80. The van der Waals surface area contributed by atoms with Crippen LogP contribution in [-0.2, 0) is 6.54 Å². The minimum atomic E-state index is -0.366. The zero-order chi connectivity index (χ0) is 16.8. The molecule has 0 bridgehead atoms. The van der Waals surface area contributed by atoms with Crippen LogP contribution in [0.2, 0.25) is 0 Å². The first-order valence-electron chi connectivity index (χ1n) is 8.06. The van der Waals surface area contributed by atoms with Gasteiger partial charge in [-0.2, -0.15) is 9.49 Å². The molecule has 0 unspecified atom stereocenters. The van der Waals surface area contributed by atoms with Crippen LogP contribution in [0.25, 0.3) is 0 Å². The standard InChI is InChI=1S/C18H20FN3OS/c19-17-7-6-16(24-17)18(23)21-20-12-14-8-10-22(11-9-14)13-15-4-2-1-3-5-15/h1-7,12,14H,8-11,13H2,(H,21,23)/b20-12+. The predicted octanol–water partition coefficient (Wildman–Crippen LogP) is 3.52. The summed E-state index contributed by atoms with van der Waals surface area (Å²) in [6.45, 7) is 3.02. The SMILES string of the molecule is O=C(N/N=C/C1CCN(Cc2ccccc2)CC1)c1ccc(F)s1. The summed E-state index contributed by atoms with van der Waals surface area (Å²) < 4.78 is 12.9. The molecule has 24 heavy (non-hydrogen) atoms. The van der Waals surface area contributed by atoms with Crippen LogP contribution in [0.5, 0.6) is 0 Å². The second kappa shape index (κ2) is 8.17. The molecular formula is C18H20FN3OS. The van der Waals surface area contributed by atoms with Gasteiger partial charge < -0.3 is 0 Å². The Morgan fingerprint density at radius 2 is 2.00 bits per heavy atom. The van der Waals surface area contributed by atoms with Crippen LogP contribution in [-0.4, -0.2) is 30.1 Å². The Bertz CT molecular complexity index is 693. The van der Waals surface area contributed by atoms with Crippen LogP contribution in [0, 0.1) is 11.0 Å². The van der Waals surface area contributed by atoms with E-state index < -0.39 is 0 Å². The van der Waals surface area contributed by atoms with Crippen molar-refractivity contribution >= 4 is 23.5 Å². The lowest BCUT2D eigenvalue weighted by Crippen LogP contribution is -2.34. The molecule has 1 aliphatic rings. The topological polar surface area (TPSA) is 44.7 Å². The summed E-state index contributed by atoms with van der Waals surface area (Å²) in [6, 6.07) is 13.2. The van der Waals surface area contributed by atoms with E-state index in [2.05, 4.69) is 39.7 Å². The Hall–Kier alpha value is -2.05. The summed E-state index contributed by atoms with van der Waals surface area (Å²) in [4.78, 5) is 14.5. The number of carbonyl (C=O) groups is 1. The molecule has 0 atom stereocenters. The Balaban J connectivity index is 1.41. The zero-order valence-electron chi connectivity index (χ0n) is 13.3. The lowest BCUT2D eigenvalue weighted by Gasteiger charge is -2.30. The van der Waals surface area contributed by atoms with Gasteiger partial charge in [-0.3, -0.25) is 9.69 Å². The molecule has 6 heteroatoms. The maximum atomic E-state index is 12.9. The van der Waals surface area contributed by atoms with Crippen LogP contribution < -0.4 is 5.43 Å². The molecule has 2 heterocycles. The molecule has 0 aliphatic carbocycles. The van der Waals surface area contributed by atoms with E-state index in [0.717, 1.165) is 43.8 Å². The average molecular weight is 345 g/mol. The maximum absolute atomic E-state index is 12.9. The smallest absolute Gasteiger partial charge is 0.281 e. The molecule has 1 aliphatic heterocycles. The summed E-state index contributed by atoms with van der Waals surface area (Å²) in [6.07, 6.45) is 3.86. The first-order valence-corrected chi connectivity index (χ1v) is 8.87. The van der Waals surface area contributed by atoms with E-state index in [0.29, 0.717) is 10.8 Å². The predicted molar refractivity (Wildman–Crippen MR) is 94.7 cm³/mol. The third kappa shape index (κ3) is 4.72. The maximum Gasteiger partial charge on any atom is 0.281 e. The number of hydrogen-bond acceptors (Lipinski definition) is 4. The summed E-state index contributed by atoms with van der Waals surface area (Å²) in [5, 5.41) is 3.66. The Morgan fingerprint density at radius 1 is 1.25 bits per heavy atom. The number of halogens is 1. The molecule has 1 fully saturated rings. The molecule has 4 nitrogen and oxygen atoms in total.